The fraction of sp³-hybridized carbons (Fsp3) is 0.435. The number of ether oxygens (including phenoxy) is 1. The number of piperidine rings is 1. The van der Waals surface area contributed by atoms with E-state index in [1.165, 1.54) is 12.1 Å². The molecule has 2 aromatic rings. The van der Waals surface area contributed by atoms with Gasteiger partial charge in [-0.15, -0.1) is 0 Å². The number of rotatable bonds is 6. The van der Waals surface area contributed by atoms with Gasteiger partial charge >= 0.3 is 0 Å². The number of carbonyl (C=O) groups excluding carboxylic acids is 2. The van der Waals surface area contributed by atoms with Gasteiger partial charge in [-0.05, 0) is 48.2 Å². The molecule has 7 nitrogen and oxygen atoms in total. The lowest BCUT2D eigenvalue weighted by Crippen LogP contribution is -2.51. The molecule has 2 aliphatic heterocycles. The number of pyridine rings is 1. The van der Waals surface area contributed by atoms with Gasteiger partial charge in [-0.3, -0.25) is 9.59 Å². The van der Waals surface area contributed by atoms with Gasteiger partial charge in [0.2, 0.25) is 11.8 Å². The average molecular weight is 426 g/mol. The van der Waals surface area contributed by atoms with Crippen molar-refractivity contribution >= 4 is 17.6 Å². The van der Waals surface area contributed by atoms with E-state index in [1.807, 2.05) is 12.1 Å². The Labute approximate surface area is 181 Å². The highest BCUT2D eigenvalue weighted by Crippen LogP contribution is 2.22. The van der Waals surface area contributed by atoms with Crippen molar-refractivity contribution in [3.63, 3.8) is 0 Å². The molecule has 2 amide bonds. The number of benzene rings is 1. The molecule has 0 bridgehead atoms. The van der Waals surface area contributed by atoms with Gasteiger partial charge in [-0.25, -0.2) is 9.37 Å². The number of hydrogen-bond donors (Lipinski definition) is 1. The van der Waals surface area contributed by atoms with Crippen LogP contribution in [0.1, 0.15) is 30.4 Å². The highest BCUT2D eigenvalue weighted by atomic mass is 19.1. The monoisotopic (exact) mass is 426 g/mol. The lowest BCUT2D eigenvalue weighted by Gasteiger charge is -2.34. The number of morpholine rings is 1. The van der Waals surface area contributed by atoms with Gasteiger partial charge in [-0.1, -0.05) is 12.1 Å². The minimum absolute atomic E-state index is 0.0470. The van der Waals surface area contributed by atoms with Crippen LogP contribution in [0, 0.1) is 5.82 Å². The number of hydrogen-bond acceptors (Lipinski definition) is 5. The summed E-state index contributed by atoms with van der Waals surface area (Å²) < 4.78 is 18.6. The van der Waals surface area contributed by atoms with E-state index in [-0.39, 0.29) is 17.6 Å². The number of aromatic nitrogens is 1. The van der Waals surface area contributed by atoms with Crippen molar-refractivity contribution in [1.82, 2.24) is 15.2 Å². The molecule has 4 rings (SSSR count). The Hall–Kier alpha value is -3.00. The van der Waals surface area contributed by atoms with Crippen LogP contribution in [-0.4, -0.2) is 54.0 Å². The Morgan fingerprint density at radius 1 is 1.16 bits per heavy atom. The van der Waals surface area contributed by atoms with Gasteiger partial charge in [0.25, 0.3) is 0 Å². The second-order valence-electron chi connectivity index (χ2n) is 7.90. The summed E-state index contributed by atoms with van der Waals surface area (Å²) in [5.74, 6) is 0.340. The molecule has 0 aliphatic carbocycles. The fourth-order valence-corrected chi connectivity index (χ4v) is 4.02. The van der Waals surface area contributed by atoms with Crippen LogP contribution in [0.25, 0.3) is 0 Å². The van der Waals surface area contributed by atoms with Crippen LogP contribution < -0.4 is 10.2 Å². The number of anilines is 1. The molecule has 31 heavy (non-hydrogen) atoms. The Morgan fingerprint density at radius 2 is 1.94 bits per heavy atom. The summed E-state index contributed by atoms with van der Waals surface area (Å²) in [6.07, 6.45) is 3.48. The molecular weight excluding hydrogens is 399 g/mol. The van der Waals surface area contributed by atoms with Crippen molar-refractivity contribution in [1.29, 1.82) is 0 Å². The van der Waals surface area contributed by atoms with Crippen LogP contribution in [0.4, 0.5) is 10.2 Å². The molecule has 0 spiro atoms. The molecule has 2 aliphatic rings. The van der Waals surface area contributed by atoms with Crippen LogP contribution >= 0.6 is 0 Å². The molecule has 0 radical (unpaired) electrons. The van der Waals surface area contributed by atoms with E-state index in [4.69, 9.17) is 4.74 Å². The van der Waals surface area contributed by atoms with Gasteiger partial charge in [0.15, 0.2) is 0 Å². The first-order valence-electron chi connectivity index (χ1n) is 10.7. The number of amides is 2. The predicted octanol–water partition coefficient (Wildman–Crippen LogP) is 2.25. The third-order valence-corrected chi connectivity index (χ3v) is 5.75. The summed E-state index contributed by atoms with van der Waals surface area (Å²) >= 11 is 0. The fourth-order valence-electron chi connectivity index (χ4n) is 4.02. The quantitative estimate of drug-likeness (QED) is 0.767. The van der Waals surface area contributed by atoms with E-state index < -0.39 is 6.04 Å². The average Bonchev–Trinajstić information content (AvgIpc) is 2.81. The summed E-state index contributed by atoms with van der Waals surface area (Å²) in [6, 6.07) is 9.38. The minimum atomic E-state index is -0.521. The zero-order valence-electron chi connectivity index (χ0n) is 17.4. The largest absolute Gasteiger partial charge is 0.378 e. The van der Waals surface area contributed by atoms with E-state index in [0.29, 0.717) is 45.6 Å². The van der Waals surface area contributed by atoms with Crippen molar-refractivity contribution in [2.24, 2.45) is 0 Å². The molecule has 0 saturated carbocycles. The highest BCUT2D eigenvalue weighted by molar-refractivity contribution is 5.88. The highest BCUT2D eigenvalue weighted by Gasteiger charge is 2.33. The number of carbonyl (C=O) groups is 2. The molecular formula is C23H27FN4O3. The van der Waals surface area contributed by atoms with Crippen LogP contribution in [0.15, 0.2) is 42.6 Å². The predicted molar refractivity (Wildman–Crippen MR) is 114 cm³/mol. The van der Waals surface area contributed by atoms with E-state index in [2.05, 4.69) is 15.2 Å². The zero-order chi connectivity index (χ0) is 21.6. The van der Waals surface area contributed by atoms with Gasteiger partial charge in [-0.2, -0.15) is 0 Å². The van der Waals surface area contributed by atoms with Crippen molar-refractivity contribution in [3.8, 4) is 0 Å². The van der Waals surface area contributed by atoms with E-state index in [1.54, 1.807) is 23.2 Å². The summed E-state index contributed by atoms with van der Waals surface area (Å²) in [6.45, 7) is 3.63. The summed E-state index contributed by atoms with van der Waals surface area (Å²) in [5, 5.41) is 2.98. The SMILES string of the molecule is O=C(NCc1ccnc(N2CCOCC2)c1)C1CCCC(=O)N1Cc1ccc(F)cc1. The van der Waals surface area contributed by atoms with Crippen LogP contribution in [0.3, 0.4) is 0 Å². The normalized spacial score (nSPS) is 19.4. The van der Waals surface area contributed by atoms with Crippen molar-refractivity contribution in [3.05, 3.63) is 59.5 Å². The van der Waals surface area contributed by atoms with Crippen LogP contribution in [-0.2, 0) is 27.4 Å². The standard InChI is InChI=1S/C23H27FN4O3/c24-19-6-4-17(5-7-19)16-28-20(2-1-3-22(28)29)23(30)26-15-18-8-9-25-21(14-18)27-10-12-31-13-11-27/h4-9,14,20H,1-3,10-13,15-16H2,(H,26,30). The molecule has 164 valence electrons. The van der Waals surface area contributed by atoms with Crippen LogP contribution in [0.2, 0.25) is 0 Å². The number of nitrogens with one attached hydrogen (secondary N) is 1. The molecule has 1 N–H and O–H groups in total. The number of halogens is 1. The maximum absolute atomic E-state index is 13.2. The molecule has 2 saturated heterocycles. The maximum atomic E-state index is 13.2. The van der Waals surface area contributed by atoms with Gasteiger partial charge < -0.3 is 19.9 Å². The van der Waals surface area contributed by atoms with Crippen molar-refractivity contribution < 1.29 is 18.7 Å². The third-order valence-electron chi connectivity index (χ3n) is 5.75. The van der Waals surface area contributed by atoms with E-state index in [9.17, 15) is 14.0 Å². The van der Waals surface area contributed by atoms with Gasteiger partial charge in [0, 0.05) is 38.8 Å². The lowest BCUT2D eigenvalue weighted by molar-refractivity contribution is -0.144. The molecule has 1 aromatic heterocycles. The molecule has 8 heteroatoms. The first kappa shape index (κ1) is 21.2. The first-order valence-corrected chi connectivity index (χ1v) is 10.7. The molecule has 1 aromatic carbocycles. The second-order valence-corrected chi connectivity index (χ2v) is 7.90. The second kappa shape index (κ2) is 9.87. The lowest BCUT2D eigenvalue weighted by atomic mass is 9.99. The molecule has 2 fully saturated rings. The summed E-state index contributed by atoms with van der Waals surface area (Å²) in [4.78, 5) is 33.7. The maximum Gasteiger partial charge on any atom is 0.243 e. The van der Waals surface area contributed by atoms with Gasteiger partial charge in [0.05, 0.1) is 13.2 Å². The zero-order valence-corrected chi connectivity index (χ0v) is 17.4. The number of likely N-dealkylation sites (tertiary alicyclic amines) is 1. The minimum Gasteiger partial charge on any atom is -0.378 e. The van der Waals surface area contributed by atoms with E-state index >= 15 is 0 Å². The summed E-state index contributed by atoms with van der Waals surface area (Å²) in [5.41, 5.74) is 1.76. The first-order chi connectivity index (χ1) is 15.1. The third kappa shape index (κ3) is 5.38. The Morgan fingerprint density at radius 3 is 2.71 bits per heavy atom. The molecule has 1 unspecified atom stereocenters. The Bertz CT molecular complexity index is 915. The number of nitrogens with zero attached hydrogens (tertiary/aromatic N) is 3. The van der Waals surface area contributed by atoms with Gasteiger partial charge in [0.1, 0.15) is 17.7 Å². The Kier molecular flexibility index (Phi) is 6.76. The van der Waals surface area contributed by atoms with Crippen molar-refractivity contribution in [2.45, 2.75) is 38.4 Å². The van der Waals surface area contributed by atoms with Crippen molar-refractivity contribution in [2.75, 3.05) is 31.2 Å². The van der Waals surface area contributed by atoms with Crippen LogP contribution in [0.5, 0.6) is 0 Å². The molecule has 1 atom stereocenters. The summed E-state index contributed by atoms with van der Waals surface area (Å²) in [7, 11) is 0. The smallest absolute Gasteiger partial charge is 0.243 e. The topological polar surface area (TPSA) is 74.8 Å². The van der Waals surface area contributed by atoms with E-state index in [0.717, 1.165) is 30.0 Å². The molecule has 3 heterocycles. The Balaban J connectivity index is 1.39.